The lowest BCUT2D eigenvalue weighted by molar-refractivity contribution is 1.18. The van der Waals surface area contributed by atoms with Gasteiger partial charge >= 0.3 is 0 Å². The molecule has 4 nitrogen and oxygen atoms in total. The van der Waals surface area contributed by atoms with Gasteiger partial charge in [-0.15, -0.1) is 23.5 Å². The molecule has 0 aliphatic rings. The second-order valence-corrected chi connectivity index (χ2v) is 4.86. The topological polar surface area (TPSA) is 104 Å². The van der Waals surface area contributed by atoms with Crippen molar-refractivity contribution in [3.05, 3.63) is 22.6 Å². The van der Waals surface area contributed by atoms with E-state index < -0.39 is 0 Å². The molecule has 0 amide bonds. The van der Waals surface area contributed by atoms with Crippen molar-refractivity contribution in [2.24, 2.45) is 22.9 Å². The third-order valence-corrected chi connectivity index (χ3v) is 3.70. The van der Waals surface area contributed by atoms with Crippen LogP contribution in [-0.4, -0.2) is 12.5 Å². The van der Waals surface area contributed by atoms with Crippen molar-refractivity contribution in [1.29, 1.82) is 0 Å². The van der Waals surface area contributed by atoms with Gasteiger partial charge in [0.1, 0.15) is 11.6 Å². The van der Waals surface area contributed by atoms with Gasteiger partial charge in [0.05, 0.1) is 0 Å². The Morgan fingerprint density at radius 1 is 0.812 bits per heavy atom. The van der Waals surface area contributed by atoms with E-state index in [0.717, 1.165) is 20.2 Å². The minimum Gasteiger partial charge on any atom is -0.385 e. The highest BCUT2D eigenvalue weighted by molar-refractivity contribution is 7.99. The van der Waals surface area contributed by atoms with Gasteiger partial charge in [-0.3, -0.25) is 0 Å². The quantitative estimate of drug-likeness (QED) is 0.511. The van der Waals surface area contributed by atoms with Gasteiger partial charge in [-0.2, -0.15) is 0 Å². The largest absolute Gasteiger partial charge is 0.385 e. The summed E-state index contributed by atoms with van der Waals surface area (Å²) in [6.45, 7) is 0. The molecule has 0 unspecified atom stereocenters. The maximum absolute atomic E-state index is 5.64. The van der Waals surface area contributed by atoms with Crippen molar-refractivity contribution in [2.75, 3.05) is 12.5 Å². The second-order valence-electron chi connectivity index (χ2n) is 3.16. The molecule has 8 N–H and O–H groups in total. The van der Waals surface area contributed by atoms with E-state index >= 15 is 0 Å². The zero-order valence-corrected chi connectivity index (χ0v) is 10.9. The molecular weight excluding hydrogens is 240 g/mol. The van der Waals surface area contributed by atoms with E-state index in [2.05, 4.69) is 0 Å². The predicted molar refractivity (Wildman–Crippen MR) is 72.8 cm³/mol. The van der Waals surface area contributed by atoms with Crippen molar-refractivity contribution in [1.82, 2.24) is 0 Å². The highest BCUT2D eigenvalue weighted by Gasteiger charge is 2.03. The van der Waals surface area contributed by atoms with Crippen LogP contribution in [0.15, 0.2) is 21.9 Å². The zero-order valence-electron chi connectivity index (χ0n) is 9.28. The minimum atomic E-state index is 0.307. The van der Waals surface area contributed by atoms with Crippen LogP contribution in [0.5, 0.6) is 0 Å². The number of hydrogen-bond donors (Lipinski definition) is 4. The molecule has 0 bridgehead atoms. The van der Waals surface area contributed by atoms with Gasteiger partial charge in [0.25, 0.3) is 0 Å². The maximum Gasteiger partial charge on any atom is 0.102 e. The van der Waals surface area contributed by atoms with Crippen molar-refractivity contribution in [3.8, 4) is 0 Å². The van der Waals surface area contributed by atoms with Gasteiger partial charge in [-0.25, -0.2) is 0 Å². The normalized spacial score (nSPS) is 10.1. The fourth-order valence-corrected chi connectivity index (χ4v) is 2.61. The van der Waals surface area contributed by atoms with Gasteiger partial charge in [0.15, 0.2) is 0 Å². The SMILES string of the molecule is CSc1cc(=C(N)N)c(SC)cc1=C(N)N. The zero-order chi connectivity index (χ0) is 12.3. The number of thioether (sulfide) groups is 2. The Hall–Kier alpha value is -1.14. The first kappa shape index (κ1) is 12.9. The van der Waals surface area contributed by atoms with Crippen LogP contribution in [0.2, 0.25) is 0 Å². The lowest BCUT2D eigenvalue weighted by Crippen LogP contribution is -2.28. The van der Waals surface area contributed by atoms with Crippen LogP contribution in [0.25, 0.3) is 11.6 Å². The summed E-state index contributed by atoms with van der Waals surface area (Å²) < 4.78 is 0. The van der Waals surface area contributed by atoms with Crippen LogP contribution in [0, 0.1) is 0 Å². The number of nitrogens with two attached hydrogens (primary N) is 4. The summed E-state index contributed by atoms with van der Waals surface area (Å²) in [5.74, 6) is 0.614. The first-order valence-corrected chi connectivity index (χ1v) is 6.98. The third-order valence-electron chi connectivity index (χ3n) is 2.14. The van der Waals surface area contributed by atoms with E-state index in [9.17, 15) is 0 Å². The number of hydrogen-bond acceptors (Lipinski definition) is 6. The Balaban J connectivity index is 3.76. The molecule has 0 spiro atoms. The summed E-state index contributed by atoms with van der Waals surface area (Å²) in [7, 11) is 0. The molecule has 0 aliphatic heterocycles. The average Bonchev–Trinajstić information content (AvgIpc) is 2.26. The Morgan fingerprint density at radius 2 is 1.12 bits per heavy atom. The molecule has 1 aromatic rings. The fraction of sp³-hybridized carbons (Fsp3) is 0.200. The highest BCUT2D eigenvalue weighted by atomic mass is 32.2. The molecular formula is C10H16N4S2. The summed E-state index contributed by atoms with van der Waals surface area (Å²) in [4.78, 5) is 1.95. The Kier molecular flexibility index (Phi) is 4.26. The van der Waals surface area contributed by atoms with Gasteiger partial charge in [-0.05, 0) is 24.6 Å². The summed E-state index contributed by atoms with van der Waals surface area (Å²) in [5, 5.41) is 1.67. The van der Waals surface area contributed by atoms with Crippen molar-refractivity contribution >= 4 is 35.2 Å². The minimum absolute atomic E-state index is 0.307. The first-order valence-electron chi connectivity index (χ1n) is 4.53. The monoisotopic (exact) mass is 256 g/mol. The molecule has 6 heteroatoms. The molecule has 1 aromatic carbocycles. The van der Waals surface area contributed by atoms with Crippen LogP contribution >= 0.6 is 23.5 Å². The van der Waals surface area contributed by atoms with Crippen molar-refractivity contribution < 1.29 is 0 Å². The maximum atomic E-state index is 5.64. The van der Waals surface area contributed by atoms with E-state index in [1.54, 1.807) is 23.5 Å². The van der Waals surface area contributed by atoms with E-state index in [1.807, 2.05) is 24.6 Å². The Morgan fingerprint density at radius 3 is 1.31 bits per heavy atom. The van der Waals surface area contributed by atoms with Crippen molar-refractivity contribution in [3.63, 3.8) is 0 Å². The van der Waals surface area contributed by atoms with Crippen LogP contribution in [0.1, 0.15) is 0 Å². The summed E-state index contributed by atoms with van der Waals surface area (Å²) in [5.41, 5.74) is 22.6. The van der Waals surface area contributed by atoms with Gasteiger partial charge < -0.3 is 22.9 Å². The van der Waals surface area contributed by atoms with Crippen LogP contribution in [-0.2, 0) is 0 Å². The van der Waals surface area contributed by atoms with E-state index in [0.29, 0.717) is 11.6 Å². The van der Waals surface area contributed by atoms with Crippen LogP contribution < -0.4 is 33.4 Å². The van der Waals surface area contributed by atoms with E-state index in [4.69, 9.17) is 22.9 Å². The molecule has 1 rings (SSSR count). The lowest BCUT2D eigenvalue weighted by Gasteiger charge is -2.06. The summed E-state index contributed by atoms with van der Waals surface area (Å²) in [6, 6.07) is 3.84. The van der Waals surface area contributed by atoms with E-state index in [1.165, 1.54) is 0 Å². The molecule has 0 aromatic heterocycles. The standard InChI is InChI=1S/C10H16N4S2/c1-15-7-3-6(10(13)14)8(16-2)4-5(7)9(11)12/h3-4H,11-14H2,1-2H3. The molecule has 0 aliphatic carbocycles. The average molecular weight is 256 g/mol. The molecule has 0 atom stereocenters. The number of benzene rings is 1. The predicted octanol–water partition coefficient (Wildman–Crippen LogP) is -0.903. The third kappa shape index (κ3) is 2.51. The summed E-state index contributed by atoms with van der Waals surface area (Å²) >= 11 is 3.12. The fourth-order valence-electron chi connectivity index (χ4n) is 1.35. The molecule has 16 heavy (non-hydrogen) atoms. The molecule has 0 saturated carbocycles. The van der Waals surface area contributed by atoms with Crippen LogP contribution in [0.4, 0.5) is 0 Å². The Labute approximate surface area is 103 Å². The van der Waals surface area contributed by atoms with Gasteiger partial charge in [-0.1, -0.05) is 0 Å². The van der Waals surface area contributed by atoms with Gasteiger partial charge in [0, 0.05) is 20.2 Å². The Bertz CT molecular complexity index is 455. The molecule has 0 fully saturated rings. The number of rotatable bonds is 2. The van der Waals surface area contributed by atoms with Crippen LogP contribution in [0.3, 0.4) is 0 Å². The lowest BCUT2D eigenvalue weighted by atomic mass is 10.2. The molecule has 0 radical (unpaired) electrons. The summed E-state index contributed by atoms with van der Waals surface area (Å²) in [6.07, 6.45) is 3.91. The highest BCUT2D eigenvalue weighted by Crippen LogP contribution is 2.12. The smallest absolute Gasteiger partial charge is 0.102 e. The second kappa shape index (κ2) is 5.27. The molecule has 0 heterocycles. The molecule has 0 saturated heterocycles. The van der Waals surface area contributed by atoms with E-state index in [-0.39, 0.29) is 0 Å². The van der Waals surface area contributed by atoms with Gasteiger partial charge in [0.2, 0.25) is 0 Å². The molecule has 88 valence electrons. The van der Waals surface area contributed by atoms with Crippen molar-refractivity contribution in [2.45, 2.75) is 9.79 Å². The first-order chi connectivity index (χ1) is 7.51.